The van der Waals surface area contributed by atoms with Crippen molar-refractivity contribution in [2.75, 3.05) is 5.75 Å². The molecule has 138 valence electrons. The highest BCUT2D eigenvalue weighted by atomic mass is 32.2. The van der Waals surface area contributed by atoms with Gasteiger partial charge in [-0.05, 0) is 49.6 Å². The Labute approximate surface area is 168 Å². The Kier molecular flexibility index (Phi) is 5.15. The van der Waals surface area contributed by atoms with Crippen LogP contribution in [-0.4, -0.2) is 15.3 Å². The molecular formula is C22H22N2OS2. The largest absolute Gasteiger partial charge is 0.272 e. The van der Waals surface area contributed by atoms with Crippen molar-refractivity contribution in [3.05, 3.63) is 81.3 Å². The molecule has 0 radical (unpaired) electrons. The van der Waals surface area contributed by atoms with E-state index in [1.165, 1.54) is 5.56 Å². The summed E-state index contributed by atoms with van der Waals surface area (Å²) in [5.41, 5.74) is 5.46. The smallest absolute Gasteiger partial charge is 0.268 e. The van der Waals surface area contributed by atoms with Gasteiger partial charge in [0, 0.05) is 17.4 Å². The van der Waals surface area contributed by atoms with E-state index in [-0.39, 0.29) is 10.8 Å². The van der Waals surface area contributed by atoms with Crippen LogP contribution < -0.4 is 5.56 Å². The average molecular weight is 395 g/mol. The Morgan fingerprint density at radius 1 is 1.11 bits per heavy atom. The zero-order valence-electron chi connectivity index (χ0n) is 15.7. The standard InChI is InChI=1S/C22H22N2OS2/c1-14-11-15(2)13-18(12-14)24-21(25)20-19(9-10-26-20)23-22(24)27-16(3)17-7-5-4-6-8-17/h4-8,11-13,16H,9-10H2,1-3H3. The summed E-state index contributed by atoms with van der Waals surface area (Å²) in [5.74, 6) is 0.937. The van der Waals surface area contributed by atoms with Crippen molar-refractivity contribution < 1.29 is 0 Å². The van der Waals surface area contributed by atoms with E-state index in [1.807, 2.05) is 6.07 Å². The molecule has 0 saturated carbocycles. The van der Waals surface area contributed by atoms with Gasteiger partial charge in [-0.25, -0.2) is 4.98 Å². The van der Waals surface area contributed by atoms with Crippen LogP contribution in [0.25, 0.3) is 5.69 Å². The number of aryl methyl sites for hydroxylation is 3. The first-order chi connectivity index (χ1) is 13.0. The lowest BCUT2D eigenvalue weighted by Crippen LogP contribution is -2.24. The van der Waals surface area contributed by atoms with Crippen molar-refractivity contribution in [2.24, 2.45) is 0 Å². The maximum Gasteiger partial charge on any atom is 0.272 e. The van der Waals surface area contributed by atoms with Gasteiger partial charge in [0.15, 0.2) is 5.16 Å². The monoisotopic (exact) mass is 394 g/mol. The summed E-state index contributed by atoms with van der Waals surface area (Å²) in [5, 5.41) is 0.991. The lowest BCUT2D eigenvalue weighted by molar-refractivity contribution is 0.736. The van der Waals surface area contributed by atoms with Crippen LogP contribution in [0.2, 0.25) is 0 Å². The summed E-state index contributed by atoms with van der Waals surface area (Å²) in [6.07, 6.45) is 0.871. The summed E-state index contributed by atoms with van der Waals surface area (Å²) in [7, 11) is 0. The first kappa shape index (κ1) is 18.4. The fourth-order valence-electron chi connectivity index (χ4n) is 3.43. The van der Waals surface area contributed by atoms with Crippen molar-refractivity contribution >= 4 is 23.5 Å². The molecule has 0 spiro atoms. The van der Waals surface area contributed by atoms with E-state index in [9.17, 15) is 4.79 Å². The Bertz CT molecular complexity index is 1020. The molecule has 1 aliphatic heterocycles. The molecule has 1 unspecified atom stereocenters. The second-order valence-electron chi connectivity index (χ2n) is 6.93. The van der Waals surface area contributed by atoms with Gasteiger partial charge in [-0.2, -0.15) is 0 Å². The Morgan fingerprint density at radius 3 is 2.52 bits per heavy atom. The molecule has 5 heteroatoms. The van der Waals surface area contributed by atoms with E-state index in [0.717, 1.165) is 44.7 Å². The highest BCUT2D eigenvalue weighted by Crippen LogP contribution is 2.36. The molecule has 0 fully saturated rings. The van der Waals surface area contributed by atoms with E-state index in [1.54, 1.807) is 28.1 Å². The molecule has 27 heavy (non-hydrogen) atoms. The summed E-state index contributed by atoms with van der Waals surface area (Å²) in [4.78, 5) is 19.0. The van der Waals surface area contributed by atoms with E-state index in [2.05, 4.69) is 63.2 Å². The van der Waals surface area contributed by atoms with Crippen LogP contribution in [0, 0.1) is 13.8 Å². The Balaban J connectivity index is 1.85. The van der Waals surface area contributed by atoms with Gasteiger partial charge < -0.3 is 0 Å². The van der Waals surface area contributed by atoms with E-state index >= 15 is 0 Å². The van der Waals surface area contributed by atoms with E-state index in [0.29, 0.717) is 0 Å². The zero-order valence-corrected chi connectivity index (χ0v) is 17.4. The minimum Gasteiger partial charge on any atom is -0.268 e. The predicted octanol–water partition coefficient (Wildman–Crippen LogP) is 5.35. The molecule has 0 saturated heterocycles. The summed E-state index contributed by atoms with van der Waals surface area (Å²) >= 11 is 3.28. The number of aromatic nitrogens is 2. The van der Waals surface area contributed by atoms with Crippen LogP contribution in [0.3, 0.4) is 0 Å². The van der Waals surface area contributed by atoms with Crippen LogP contribution in [0.1, 0.15) is 34.6 Å². The lowest BCUT2D eigenvalue weighted by Gasteiger charge is -2.18. The van der Waals surface area contributed by atoms with Crippen LogP contribution in [-0.2, 0) is 6.42 Å². The molecule has 4 rings (SSSR count). The minimum atomic E-state index is 0.0651. The SMILES string of the molecule is Cc1cc(C)cc(-n2c(SC(C)c3ccccc3)nc3c(c2=O)SCC3)c1. The molecule has 1 atom stereocenters. The molecular weight excluding hydrogens is 372 g/mol. The topological polar surface area (TPSA) is 34.9 Å². The van der Waals surface area contributed by atoms with Gasteiger partial charge in [-0.3, -0.25) is 9.36 Å². The molecule has 0 amide bonds. The number of nitrogens with zero attached hydrogens (tertiary/aromatic N) is 2. The third-order valence-corrected chi connectivity index (χ3v) is 6.90. The lowest BCUT2D eigenvalue weighted by atomic mass is 10.1. The fraction of sp³-hybridized carbons (Fsp3) is 0.273. The van der Waals surface area contributed by atoms with Crippen molar-refractivity contribution in [3.8, 4) is 5.69 Å². The molecule has 0 bridgehead atoms. The number of fused-ring (bicyclic) bond motifs is 1. The number of rotatable bonds is 4. The molecule has 2 aromatic carbocycles. The second kappa shape index (κ2) is 7.56. The first-order valence-corrected chi connectivity index (χ1v) is 11.0. The van der Waals surface area contributed by atoms with Crippen molar-refractivity contribution in [1.29, 1.82) is 0 Å². The predicted molar refractivity (Wildman–Crippen MR) is 114 cm³/mol. The molecule has 3 aromatic rings. The van der Waals surface area contributed by atoms with Crippen molar-refractivity contribution in [3.63, 3.8) is 0 Å². The van der Waals surface area contributed by atoms with Gasteiger partial charge >= 0.3 is 0 Å². The number of benzene rings is 2. The second-order valence-corrected chi connectivity index (χ2v) is 9.34. The van der Waals surface area contributed by atoms with Gasteiger partial charge in [-0.1, -0.05) is 48.2 Å². The summed E-state index contributed by atoms with van der Waals surface area (Å²) in [6.45, 7) is 6.30. The molecule has 1 aromatic heterocycles. The van der Waals surface area contributed by atoms with Gasteiger partial charge in [0.1, 0.15) is 0 Å². The number of hydrogen-bond acceptors (Lipinski definition) is 4. The highest BCUT2D eigenvalue weighted by molar-refractivity contribution is 7.99. The average Bonchev–Trinajstić information content (AvgIpc) is 3.10. The highest BCUT2D eigenvalue weighted by Gasteiger charge is 2.24. The third-order valence-electron chi connectivity index (χ3n) is 4.68. The number of hydrogen-bond donors (Lipinski definition) is 0. The van der Waals surface area contributed by atoms with Crippen LogP contribution in [0.4, 0.5) is 0 Å². The molecule has 0 N–H and O–H groups in total. The van der Waals surface area contributed by atoms with E-state index < -0.39 is 0 Å². The van der Waals surface area contributed by atoms with Gasteiger partial charge in [-0.15, -0.1) is 11.8 Å². The maximum absolute atomic E-state index is 13.3. The molecule has 0 aliphatic carbocycles. The van der Waals surface area contributed by atoms with E-state index in [4.69, 9.17) is 4.98 Å². The zero-order chi connectivity index (χ0) is 19.0. The van der Waals surface area contributed by atoms with Gasteiger partial charge in [0.05, 0.1) is 16.3 Å². The minimum absolute atomic E-state index is 0.0651. The van der Waals surface area contributed by atoms with Crippen molar-refractivity contribution in [1.82, 2.24) is 9.55 Å². The molecule has 3 nitrogen and oxygen atoms in total. The van der Waals surface area contributed by atoms with Crippen LogP contribution in [0.15, 0.2) is 63.4 Å². The number of thioether (sulfide) groups is 2. The molecule has 2 heterocycles. The van der Waals surface area contributed by atoms with Gasteiger partial charge in [0.25, 0.3) is 5.56 Å². The van der Waals surface area contributed by atoms with Crippen molar-refractivity contribution in [2.45, 2.75) is 42.5 Å². The van der Waals surface area contributed by atoms with Gasteiger partial charge in [0.2, 0.25) is 0 Å². The molecule has 1 aliphatic rings. The Morgan fingerprint density at radius 2 is 1.81 bits per heavy atom. The Hall–Kier alpha value is -1.98. The third kappa shape index (κ3) is 3.71. The maximum atomic E-state index is 13.3. The summed E-state index contributed by atoms with van der Waals surface area (Å²) in [6, 6.07) is 16.6. The fourth-order valence-corrected chi connectivity index (χ4v) is 5.52. The van der Waals surface area contributed by atoms with Crippen LogP contribution >= 0.6 is 23.5 Å². The summed E-state index contributed by atoms with van der Waals surface area (Å²) < 4.78 is 1.81. The first-order valence-electron chi connectivity index (χ1n) is 9.12. The normalized spacial score (nSPS) is 14.2. The van der Waals surface area contributed by atoms with Crippen LogP contribution in [0.5, 0.6) is 0 Å². The quantitative estimate of drug-likeness (QED) is 0.441.